The van der Waals surface area contributed by atoms with E-state index in [2.05, 4.69) is 10.2 Å². The number of benzene rings is 3. The molecule has 0 saturated carbocycles. The van der Waals surface area contributed by atoms with Crippen LogP contribution in [0, 0.1) is 22.9 Å². The molecule has 0 aliphatic carbocycles. The number of halogens is 2. The first-order chi connectivity index (χ1) is 17.9. The van der Waals surface area contributed by atoms with Gasteiger partial charge in [-0.3, -0.25) is 14.7 Å². The highest BCUT2D eigenvalue weighted by Crippen LogP contribution is 2.39. The Morgan fingerprint density at radius 1 is 1.11 bits per heavy atom. The molecular weight excluding hydrogens is 519 g/mol. The Morgan fingerprint density at radius 3 is 2.54 bits per heavy atom. The highest BCUT2D eigenvalue weighted by atomic mass is 35.5. The number of hydrogen-bond donors (Lipinski definition) is 0. The summed E-state index contributed by atoms with van der Waals surface area (Å²) in [4.78, 5) is 11.1. The molecule has 37 heavy (non-hydrogen) atoms. The molecule has 11 heteroatoms. The summed E-state index contributed by atoms with van der Waals surface area (Å²) < 4.78 is 26.9. The van der Waals surface area contributed by atoms with E-state index >= 15 is 0 Å². The second-order valence-corrected chi connectivity index (χ2v) is 9.56. The molecule has 1 aromatic heterocycles. The molecule has 4 rings (SSSR count). The molecule has 0 fully saturated rings. The van der Waals surface area contributed by atoms with Crippen LogP contribution < -0.4 is 9.47 Å². The Morgan fingerprint density at radius 2 is 1.86 bits per heavy atom. The summed E-state index contributed by atoms with van der Waals surface area (Å²) >= 11 is 7.67. The minimum Gasteiger partial charge on any atom is -0.494 e. The van der Waals surface area contributed by atoms with Crippen molar-refractivity contribution < 1.29 is 18.8 Å². The third-order valence-corrected chi connectivity index (χ3v) is 6.91. The predicted octanol–water partition coefficient (Wildman–Crippen LogP) is 6.46. The summed E-state index contributed by atoms with van der Waals surface area (Å²) in [6.45, 7) is 3.93. The largest absolute Gasteiger partial charge is 0.494 e. The van der Waals surface area contributed by atoms with E-state index in [-0.39, 0.29) is 28.9 Å². The van der Waals surface area contributed by atoms with Gasteiger partial charge in [0.05, 0.1) is 11.6 Å². The first-order valence-electron chi connectivity index (χ1n) is 11.4. The number of aromatic nitrogens is 3. The van der Waals surface area contributed by atoms with Crippen molar-refractivity contribution in [2.24, 2.45) is 0 Å². The van der Waals surface area contributed by atoms with Crippen molar-refractivity contribution in [1.29, 1.82) is 0 Å². The van der Waals surface area contributed by atoms with E-state index in [1.54, 1.807) is 36.4 Å². The Balaban J connectivity index is 1.56. The van der Waals surface area contributed by atoms with Gasteiger partial charge in [0, 0.05) is 16.2 Å². The van der Waals surface area contributed by atoms with Gasteiger partial charge in [0.2, 0.25) is 6.54 Å². The molecule has 0 saturated heterocycles. The van der Waals surface area contributed by atoms with E-state index in [9.17, 15) is 14.5 Å². The van der Waals surface area contributed by atoms with Crippen LogP contribution in [-0.2, 0) is 6.61 Å². The Labute approximate surface area is 222 Å². The van der Waals surface area contributed by atoms with Crippen LogP contribution in [-0.4, -0.2) is 32.8 Å². The van der Waals surface area contributed by atoms with Gasteiger partial charge in [-0.1, -0.05) is 47.6 Å². The van der Waals surface area contributed by atoms with Gasteiger partial charge in [-0.2, -0.15) is 0 Å². The minimum atomic E-state index is -0.599. The van der Waals surface area contributed by atoms with Crippen LogP contribution in [0.4, 0.5) is 4.39 Å². The molecule has 0 amide bonds. The topological polar surface area (TPSA) is 92.3 Å². The zero-order chi connectivity index (χ0) is 26.4. The van der Waals surface area contributed by atoms with Crippen LogP contribution in [0.15, 0.2) is 71.9 Å². The van der Waals surface area contributed by atoms with Crippen molar-refractivity contribution in [2.45, 2.75) is 30.9 Å². The third kappa shape index (κ3) is 6.58. The smallest absolute Gasteiger partial charge is 0.220 e. The molecule has 3 aromatic carbocycles. The lowest BCUT2D eigenvalue weighted by atomic mass is 10.1. The maximum absolute atomic E-state index is 13.9. The van der Waals surface area contributed by atoms with E-state index in [1.165, 1.54) is 17.8 Å². The number of ether oxygens (including phenoxy) is 2. The fourth-order valence-corrected chi connectivity index (χ4v) is 5.06. The standard InChI is InChI=1S/C26H24ClFN4O4S/c1-3-35-21-11-9-20(10-12-21)32-17(2)29-30-26(32)37-25(15-31(33)34)18-8-13-24(22(27)14-18)36-16-19-6-4-5-7-23(19)28/h4-14,25H,3,15-16H2,1-2H3/t25-/m1/s1. The summed E-state index contributed by atoms with van der Waals surface area (Å²) in [6.07, 6.45) is 0. The summed E-state index contributed by atoms with van der Waals surface area (Å²) in [5, 5.41) is 20.1. The molecule has 4 aromatic rings. The van der Waals surface area contributed by atoms with E-state index in [0.717, 1.165) is 11.4 Å². The van der Waals surface area contributed by atoms with Crippen LogP contribution in [0.2, 0.25) is 5.02 Å². The molecule has 0 N–H and O–H groups in total. The minimum absolute atomic E-state index is 0.00326. The number of nitro groups is 1. The lowest BCUT2D eigenvalue weighted by molar-refractivity contribution is -0.479. The monoisotopic (exact) mass is 542 g/mol. The Kier molecular flexibility index (Phi) is 8.62. The average Bonchev–Trinajstić information content (AvgIpc) is 3.24. The summed E-state index contributed by atoms with van der Waals surface area (Å²) in [7, 11) is 0. The van der Waals surface area contributed by atoms with Crippen LogP contribution >= 0.6 is 23.4 Å². The Hall–Kier alpha value is -3.63. The van der Waals surface area contributed by atoms with Gasteiger partial charge in [-0.15, -0.1) is 10.2 Å². The SMILES string of the molecule is CCOc1ccc(-n2c(C)nnc2S[C@H](C[N+](=O)[O-])c2ccc(OCc3ccccc3F)c(Cl)c2)cc1. The van der Waals surface area contributed by atoms with E-state index in [1.807, 2.05) is 42.7 Å². The summed E-state index contributed by atoms with van der Waals surface area (Å²) in [5.74, 6) is 1.36. The Bertz CT molecular complexity index is 1380. The van der Waals surface area contributed by atoms with Gasteiger partial charge in [0.15, 0.2) is 5.16 Å². The first-order valence-corrected chi connectivity index (χ1v) is 12.7. The van der Waals surface area contributed by atoms with Crippen molar-refractivity contribution in [3.63, 3.8) is 0 Å². The zero-order valence-corrected chi connectivity index (χ0v) is 21.7. The van der Waals surface area contributed by atoms with E-state index in [0.29, 0.717) is 34.5 Å². The number of thioether (sulfide) groups is 1. The van der Waals surface area contributed by atoms with E-state index < -0.39 is 5.25 Å². The first kappa shape index (κ1) is 26.4. The van der Waals surface area contributed by atoms with Crippen molar-refractivity contribution in [1.82, 2.24) is 14.8 Å². The lowest BCUT2D eigenvalue weighted by Crippen LogP contribution is -2.11. The summed E-state index contributed by atoms with van der Waals surface area (Å²) in [6, 6.07) is 18.7. The molecule has 0 bridgehead atoms. The number of aryl methyl sites for hydroxylation is 1. The van der Waals surface area contributed by atoms with Crippen molar-refractivity contribution in [2.75, 3.05) is 13.2 Å². The van der Waals surface area contributed by atoms with Gasteiger partial charge in [0.1, 0.15) is 35.0 Å². The highest BCUT2D eigenvalue weighted by Gasteiger charge is 2.25. The number of hydrogen-bond acceptors (Lipinski definition) is 7. The second kappa shape index (κ2) is 12.1. The molecule has 0 aliphatic rings. The average molecular weight is 543 g/mol. The fourth-order valence-electron chi connectivity index (χ4n) is 3.65. The number of rotatable bonds is 11. The van der Waals surface area contributed by atoms with Gasteiger partial charge >= 0.3 is 0 Å². The molecule has 1 atom stereocenters. The molecule has 192 valence electrons. The van der Waals surface area contributed by atoms with Crippen molar-refractivity contribution in [3.05, 3.63) is 105 Å². The van der Waals surface area contributed by atoms with Gasteiger partial charge in [0.25, 0.3) is 0 Å². The van der Waals surface area contributed by atoms with Gasteiger partial charge in [-0.25, -0.2) is 4.39 Å². The molecular formula is C26H24ClFN4O4S. The summed E-state index contributed by atoms with van der Waals surface area (Å²) in [5.41, 5.74) is 1.83. The second-order valence-electron chi connectivity index (χ2n) is 7.98. The molecule has 0 unspecified atom stereocenters. The molecule has 1 heterocycles. The quantitative estimate of drug-likeness (QED) is 0.122. The fraction of sp³-hybridized carbons (Fsp3) is 0.231. The molecule has 8 nitrogen and oxygen atoms in total. The predicted molar refractivity (Wildman–Crippen MR) is 140 cm³/mol. The van der Waals surface area contributed by atoms with Crippen molar-refractivity contribution in [3.8, 4) is 17.2 Å². The third-order valence-electron chi connectivity index (χ3n) is 5.43. The zero-order valence-electron chi connectivity index (χ0n) is 20.1. The molecule has 0 spiro atoms. The number of nitrogens with zero attached hydrogens (tertiary/aromatic N) is 4. The van der Waals surface area contributed by atoms with E-state index in [4.69, 9.17) is 21.1 Å². The lowest BCUT2D eigenvalue weighted by Gasteiger charge is -2.16. The normalized spacial score (nSPS) is 11.8. The van der Waals surface area contributed by atoms with Crippen LogP contribution in [0.3, 0.4) is 0 Å². The van der Waals surface area contributed by atoms with Crippen LogP contribution in [0.25, 0.3) is 5.69 Å². The van der Waals surface area contributed by atoms with Crippen molar-refractivity contribution >= 4 is 23.4 Å². The maximum Gasteiger partial charge on any atom is 0.220 e. The molecule has 0 radical (unpaired) electrons. The molecule has 0 aliphatic heterocycles. The maximum atomic E-state index is 13.9. The van der Waals surface area contributed by atoms with Gasteiger partial charge < -0.3 is 9.47 Å². The van der Waals surface area contributed by atoms with Crippen LogP contribution in [0.1, 0.15) is 29.1 Å². The highest BCUT2D eigenvalue weighted by molar-refractivity contribution is 7.99. The van der Waals surface area contributed by atoms with Gasteiger partial charge in [-0.05, 0) is 61.9 Å². The van der Waals surface area contributed by atoms with Crippen LogP contribution in [0.5, 0.6) is 11.5 Å².